The number of amides is 1. The highest BCUT2D eigenvalue weighted by Gasteiger charge is 1.93. The summed E-state index contributed by atoms with van der Waals surface area (Å²) in [5, 5.41) is 1.82. The van der Waals surface area contributed by atoms with Crippen molar-refractivity contribution in [3.63, 3.8) is 0 Å². The van der Waals surface area contributed by atoms with Gasteiger partial charge in [0, 0.05) is 11.5 Å². The van der Waals surface area contributed by atoms with E-state index in [2.05, 4.69) is 20.9 Å². The van der Waals surface area contributed by atoms with Crippen molar-refractivity contribution in [1.82, 2.24) is 4.98 Å². The molecule has 0 aliphatic rings. The van der Waals surface area contributed by atoms with Gasteiger partial charge in [-0.1, -0.05) is 0 Å². The average molecular weight is 233 g/mol. The lowest BCUT2D eigenvalue weighted by molar-refractivity contribution is -0.113. The average Bonchev–Trinajstić information content (AvgIpc) is 2.31. The van der Waals surface area contributed by atoms with Crippen molar-refractivity contribution >= 4 is 39.2 Å². The molecule has 0 aromatic carbocycles. The fraction of sp³-hybridized carbons (Fsp3) is 0. The van der Waals surface area contributed by atoms with Gasteiger partial charge in [-0.2, -0.15) is 0 Å². The van der Waals surface area contributed by atoms with Crippen molar-refractivity contribution in [2.24, 2.45) is 5.73 Å². The van der Waals surface area contributed by atoms with Gasteiger partial charge < -0.3 is 5.73 Å². The predicted molar refractivity (Wildman–Crippen MR) is 48.0 cm³/mol. The van der Waals surface area contributed by atoms with Crippen LogP contribution in [0.2, 0.25) is 0 Å². The van der Waals surface area contributed by atoms with E-state index in [1.54, 1.807) is 6.08 Å². The van der Waals surface area contributed by atoms with Crippen LogP contribution in [0.25, 0.3) is 6.08 Å². The highest BCUT2D eigenvalue weighted by molar-refractivity contribution is 9.11. The Balaban J connectivity index is 2.71. The molecule has 1 rings (SSSR count). The van der Waals surface area contributed by atoms with E-state index in [9.17, 15) is 4.79 Å². The van der Waals surface area contributed by atoms with Crippen LogP contribution in [0.5, 0.6) is 0 Å². The summed E-state index contributed by atoms with van der Waals surface area (Å²) < 4.78 is 0.793. The normalized spacial score (nSPS) is 10.6. The second-order valence-corrected chi connectivity index (χ2v) is 3.90. The standard InChI is InChI=1S/C6H5BrN2OS/c7-6-9-4(3-11-6)1-2-5(8)10/h1-3H,(H2,8,10). The van der Waals surface area contributed by atoms with Crippen LogP contribution in [-0.2, 0) is 4.79 Å². The Morgan fingerprint density at radius 1 is 1.82 bits per heavy atom. The Hall–Kier alpha value is -0.680. The molecule has 1 aromatic rings. The molecule has 0 radical (unpaired) electrons. The van der Waals surface area contributed by atoms with Gasteiger partial charge in [-0.15, -0.1) is 11.3 Å². The fourth-order valence-corrected chi connectivity index (χ4v) is 1.50. The van der Waals surface area contributed by atoms with E-state index in [0.717, 1.165) is 9.61 Å². The minimum absolute atomic E-state index is 0.464. The molecule has 0 bridgehead atoms. The second-order valence-electron chi connectivity index (χ2n) is 1.76. The number of aromatic nitrogens is 1. The third kappa shape index (κ3) is 2.81. The highest BCUT2D eigenvalue weighted by Crippen LogP contribution is 2.16. The zero-order chi connectivity index (χ0) is 8.27. The largest absolute Gasteiger partial charge is 0.366 e. The highest BCUT2D eigenvalue weighted by atomic mass is 79.9. The maximum atomic E-state index is 10.3. The van der Waals surface area contributed by atoms with Gasteiger partial charge in [0.1, 0.15) is 0 Å². The molecule has 11 heavy (non-hydrogen) atoms. The van der Waals surface area contributed by atoms with Crippen LogP contribution in [0.3, 0.4) is 0 Å². The molecule has 58 valence electrons. The van der Waals surface area contributed by atoms with E-state index in [0.29, 0.717) is 0 Å². The van der Waals surface area contributed by atoms with Gasteiger partial charge in [0.2, 0.25) is 5.91 Å². The number of nitrogens with two attached hydrogens (primary N) is 1. The molecule has 0 atom stereocenters. The van der Waals surface area contributed by atoms with Crippen molar-refractivity contribution in [3.05, 3.63) is 21.1 Å². The topological polar surface area (TPSA) is 56.0 Å². The summed E-state index contributed by atoms with van der Waals surface area (Å²) in [6.07, 6.45) is 2.85. The third-order valence-corrected chi connectivity index (χ3v) is 2.30. The fourth-order valence-electron chi connectivity index (χ4n) is 0.507. The van der Waals surface area contributed by atoms with Crippen molar-refractivity contribution < 1.29 is 4.79 Å². The van der Waals surface area contributed by atoms with Crippen molar-refractivity contribution in [2.75, 3.05) is 0 Å². The van der Waals surface area contributed by atoms with E-state index in [4.69, 9.17) is 5.73 Å². The molecular weight excluding hydrogens is 228 g/mol. The molecule has 5 heteroatoms. The lowest BCUT2D eigenvalue weighted by atomic mass is 10.4. The van der Waals surface area contributed by atoms with Gasteiger partial charge in [-0.3, -0.25) is 4.79 Å². The number of hydrogen-bond donors (Lipinski definition) is 1. The Kier molecular flexibility index (Phi) is 2.78. The molecule has 1 amide bonds. The number of rotatable bonds is 2. The summed E-state index contributed by atoms with van der Waals surface area (Å²) in [6, 6.07) is 0. The number of halogens is 1. The van der Waals surface area contributed by atoms with E-state index >= 15 is 0 Å². The maximum absolute atomic E-state index is 10.3. The van der Waals surface area contributed by atoms with Crippen molar-refractivity contribution in [2.45, 2.75) is 0 Å². The van der Waals surface area contributed by atoms with Gasteiger partial charge >= 0.3 is 0 Å². The molecule has 3 nitrogen and oxygen atoms in total. The van der Waals surface area contributed by atoms with E-state index in [1.807, 2.05) is 5.38 Å². The summed E-state index contributed by atoms with van der Waals surface area (Å²) in [5.74, 6) is -0.464. The summed E-state index contributed by atoms with van der Waals surface area (Å²) in [6.45, 7) is 0. The molecule has 0 aliphatic carbocycles. The van der Waals surface area contributed by atoms with Crippen LogP contribution in [0.1, 0.15) is 5.69 Å². The Labute approximate surface area is 76.1 Å². The zero-order valence-electron chi connectivity index (χ0n) is 5.45. The molecule has 1 heterocycles. The first kappa shape index (κ1) is 8.42. The zero-order valence-corrected chi connectivity index (χ0v) is 7.85. The number of thiazole rings is 1. The smallest absolute Gasteiger partial charge is 0.241 e. The van der Waals surface area contributed by atoms with E-state index in [1.165, 1.54) is 17.4 Å². The minimum Gasteiger partial charge on any atom is -0.366 e. The van der Waals surface area contributed by atoms with E-state index in [-0.39, 0.29) is 0 Å². The second kappa shape index (κ2) is 3.64. The van der Waals surface area contributed by atoms with Crippen LogP contribution >= 0.6 is 27.3 Å². The molecule has 0 saturated carbocycles. The van der Waals surface area contributed by atoms with E-state index < -0.39 is 5.91 Å². The van der Waals surface area contributed by atoms with Crippen LogP contribution < -0.4 is 5.73 Å². The van der Waals surface area contributed by atoms with Gasteiger partial charge in [0.05, 0.1) is 5.69 Å². The summed E-state index contributed by atoms with van der Waals surface area (Å²) >= 11 is 4.65. The third-order valence-electron chi connectivity index (χ3n) is 0.912. The first-order valence-electron chi connectivity index (χ1n) is 2.77. The number of nitrogens with zero attached hydrogens (tertiary/aromatic N) is 1. The van der Waals surface area contributed by atoms with Crippen molar-refractivity contribution in [1.29, 1.82) is 0 Å². The minimum atomic E-state index is -0.464. The Morgan fingerprint density at radius 3 is 3.00 bits per heavy atom. The molecule has 1 aromatic heterocycles. The van der Waals surface area contributed by atoms with Crippen LogP contribution in [0.4, 0.5) is 0 Å². The van der Waals surface area contributed by atoms with Crippen LogP contribution in [-0.4, -0.2) is 10.9 Å². The van der Waals surface area contributed by atoms with Crippen LogP contribution in [0.15, 0.2) is 15.4 Å². The molecule has 0 aliphatic heterocycles. The van der Waals surface area contributed by atoms with Gasteiger partial charge in [0.15, 0.2) is 3.92 Å². The molecule has 0 saturated heterocycles. The molecule has 2 N–H and O–H groups in total. The molecule has 0 fully saturated rings. The number of primary amides is 1. The first-order chi connectivity index (χ1) is 5.18. The number of carbonyl (C=O) groups is 1. The molecule has 0 unspecified atom stereocenters. The van der Waals surface area contributed by atoms with Crippen molar-refractivity contribution in [3.8, 4) is 0 Å². The predicted octanol–water partition coefficient (Wildman–Crippen LogP) is 1.40. The van der Waals surface area contributed by atoms with Gasteiger partial charge in [0.25, 0.3) is 0 Å². The number of carbonyl (C=O) groups excluding carboxylic acids is 1. The first-order valence-corrected chi connectivity index (χ1v) is 4.44. The summed E-state index contributed by atoms with van der Waals surface area (Å²) in [4.78, 5) is 14.3. The number of hydrogen-bond acceptors (Lipinski definition) is 3. The van der Waals surface area contributed by atoms with Gasteiger partial charge in [-0.05, 0) is 22.0 Å². The Morgan fingerprint density at radius 2 is 2.55 bits per heavy atom. The summed E-state index contributed by atoms with van der Waals surface area (Å²) in [7, 11) is 0. The lowest BCUT2D eigenvalue weighted by Gasteiger charge is -1.79. The maximum Gasteiger partial charge on any atom is 0.241 e. The SMILES string of the molecule is NC(=O)C=Cc1csc(Br)n1. The van der Waals surface area contributed by atoms with Gasteiger partial charge in [-0.25, -0.2) is 4.98 Å². The Bertz CT molecular complexity index is 295. The summed E-state index contributed by atoms with van der Waals surface area (Å²) in [5.41, 5.74) is 5.62. The lowest BCUT2D eigenvalue weighted by Crippen LogP contribution is -2.05. The quantitative estimate of drug-likeness (QED) is 0.785. The molecule has 0 spiro atoms. The molecular formula is C6H5BrN2OS. The van der Waals surface area contributed by atoms with Crippen LogP contribution in [0, 0.1) is 0 Å². The monoisotopic (exact) mass is 232 g/mol.